The molecule has 178 valence electrons. The molecule has 1 aliphatic rings. The summed E-state index contributed by atoms with van der Waals surface area (Å²) in [6.07, 6.45) is 1.94. The van der Waals surface area contributed by atoms with Gasteiger partial charge >= 0.3 is 0 Å². The molecule has 3 nitrogen and oxygen atoms in total. The average molecular weight is 527 g/mol. The van der Waals surface area contributed by atoms with Crippen LogP contribution in [0.2, 0.25) is 15.1 Å². The van der Waals surface area contributed by atoms with Gasteiger partial charge in [0.1, 0.15) is 12.2 Å². The number of halogens is 3. The molecular weight excluding hydrogens is 497 g/mol. The van der Waals surface area contributed by atoms with Crippen molar-refractivity contribution in [2.75, 3.05) is 5.75 Å². The highest BCUT2D eigenvalue weighted by Crippen LogP contribution is 2.45. The number of rotatable bonds is 9. The van der Waals surface area contributed by atoms with Crippen molar-refractivity contribution in [2.24, 2.45) is 0 Å². The van der Waals surface area contributed by atoms with Crippen LogP contribution in [0.1, 0.15) is 56.9 Å². The predicted molar refractivity (Wildman–Crippen MR) is 142 cm³/mol. The molecule has 0 saturated carbocycles. The summed E-state index contributed by atoms with van der Waals surface area (Å²) >= 11 is 20.8. The Morgan fingerprint density at radius 3 is 2.24 bits per heavy atom. The number of amides is 1. The van der Waals surface area contributed by atoms with Gasteiger partial charge in [-0.05, 0) is 53.1 Å². The van der Waals surface area contributed by atoms with Gasteiger partial charge in [-0.15, -0.1) is 6.58 Å². The number of ether oxygens (including phenoxy) is 1. The van der Waals surface area contributed by atoms with E-state index in [0.717, 1.165) is 23.3 Å². The minimum atomic E-state index is -0.619. The first-order valence-corrected chi connectivity index (χ1v) is 13.3. The molecule has 1 aliphatic heterocycles. The highest BCUT2D eigenvalue weighted by Gasteiger charge is 2.46. The van der Waals surface area contributed by atoms with E-state index in [4.69, 9.17) is 39.5 Å². The number of thioether (sulfide) groups is 1. The standard InChI is InChI=1S/C26H30Cl3NO2S/c1-5-7-23-26(31)30(22(6-2)15-33-16(3)4)24(17-8-10-19(27)11-9-17)25(32-23)18-12-20(28)14-21(29)13-18/h5,8-14,16,22-25H,1,6-7,15H2,2-4H3/t22-,23+,24+,25+/m0/s1. The topological polar surface area (TPSA) is 29.5 Å². The molecule has 3 rings (SSSR count). The first kappa shape index (κ1) is 26.4. The van der Waals surface area contributed by atoms with Gasteiger partial charge in [-0.2, -0.15) is 11.8 Å². The molecular formula is C26H30Cl3NO2S. The fourth-order valence-electron chi connectivity index (χ4n) is 4.17. The van der Waals surface area contributed by atoms with Crippen molar-refractivity contribution in [3.63, 3.8) is 0 Å². The van der Waals surface area contributed by atoms with Crippen LogP contribution in [0.4, 0.5) is 0 Å². The Kier molecular flexibility index (Phi) is 9.61. The van der Waals surface area contributed by atoms with E-state index in [1.54, 1.807) is 12.1 Å². The number of morpholine rings is 1. The van der Waals surface area contributed by atoms with Crippen LogP contribution in [0.25, 0.3) is 0 Å². The minimum absolute atomic E-state index is 0.0181. The third-order valence-electron chi connectivity index (χ3n) is 5.72. The number of nitrogens with zero attached hydrogens (tertiary/aromatic N) is 1. The van der Waals surface area contributed by atoms with Crippen molar-refractivity contribution in [3.05, 3.63) is 81.3 Å². The number of hydrogen-bond acceptors (Lipinski definition) is 3. The Balaban J connectivity index is 2.16. The Morgan fingerprint density at radius 1 is 1.06 bits per heavy atom. The highest BCUT2D eigenvalue weighted by molar-refractivity contribution is 7.99. The predicted octanol–water partition coefficient (Wildman–Crippen LogP) is 8.15. The van der Waals surface area contributed by atoms with Crippen molar-refractivity contribution in [3.8, 4) is 0 Å². The van der Waals surface area contributed by atoms with E-state index >= 15 is 0 Å². The second-order valence-corrected chi connectivity index (χ2v) is 11.4. The van der Waals surface area contributed by atoms with Crippen molar-refractivity contribution >= 4 is 52.5 Å². The summed E-state index contributed by atoms with van der Waals surface area (Å²) < 4.78 is 6.46. The molecule has 7 heteroatoms. The van der Waals surface area contributed by atoms with Gasteiger partial charge < -0.3 is 9.64 Å². The monoisotopic (exact) mass is 525 g/mol. The lowest BCUT2D eigenvalue weighted by atomic mass is 9.89. The lowest BCUT2D eigenvalue weighted by molar-refractivity contribution is -0.178. The molecule has 4 atom stereocenters. The lowest BCUT2D eigenvalue weighted by Gasteiger charge is -2.48. The van der Waals surface area contributed by atoms with Gasteiger partial charge in [0, 0.05) is 33.3 Å². The second-order valence-electron chi connectivity index (χ2n) is 8.46. The molecule has 1 amide bonds. The summed E-state index contributed by atoms with van der Waals surface area (Å²) in [5.41, 5.74) is 1.80. The quantitative estimate of drug-likeness (QED) is 0.309. The zero-order chi connectivity index (χ0) is 24.1. The minimum Gasteiger partial charge on any atom is -0.358 e. The van der Waals surface area contributed by atoms with Crippen LogP contribution in [-0.2, 0) is 9.53 Å². The van der Waals surface area contributed by atoms with E-state index in [9.17, 15) is 4.79 Å². The fraction of sp³-hybridized carbons (Fsp3) is 0.423. The van der Waals surface area contributed by atoms with E-state index in [0.29, 0.717) is 26.7 Å². The SMILES string of the molecule is C=CC[C@H]1O[C@H](c2cc(Cl)cc(Cl)c2)[C@@H](c2ccc(Cl)cc2)N([C@@H](CC)CSC(C)C)C1=O. The van der Waals surface area contributed by atoms with Crippen LogP contribution < -0.4 is 0 Å². The Labute approximate surface area is 216 Å². The second kappa shape index (κ2) is 12.0. The van der Waals surface area contributed by atoms with Crippen LogP contribution in [0.3, 0.4) is 0 Å². The highest BCUT2D eigenvalue weighted by atomic mass is 35.5. The zero-order valence-electron chi connectivity index (χ0n) is 19.1. The van der Waals surface area contributed by atoms with Crippen molar-refractivity contribution in [2.45, 2.75) is 63.2 Å². The van der Waals surface area contributed by atoms with Crippen LogP contribution in [-0.4, -0.2) is 34.0 Å². The Bertz CT molecular complexity index is 946. The fourth-order valence-corrected chi connectivity index (χ4v) is 5.84. The van der Waals surface area contributed by atoms with Gasteiger partial charge in [-0.1, -0.05) is 73.8 Å². The summed E-state index contributed by atoms with van der Waals surface area (Å²) in [5, 5.41) is 2.17. The van der Waals surface area contributed by atoms with E-state index in [1.807, 2.05) is 53.1 Å². The molecule has 2 aromatic rings. The van der Waals surface area contributed by atoms with Gasteiger partial charge in [0.05, 0.1) is 6.04 Å². The molecule has 0 bridgehead atoms. The lowest BCUT2D eigenvalue weighted by Crippen LogP contribution is -2.55. The van der Waals surface area contributed by atoms with Crippen LogP contribution >= 0.6 is 46.6 Å². The molecule has 0 unspecified atom stereocenters. The molecule has 1 heterocycles. The summed E-state index contributed by atoms with van der Waals surface area (Å²) in [7, 11) is 0. The Hall–Kier alpha value is -1.17. The molecule has 0 aliphatic carbocycles. The average Bonchev–Trinajstić information content (AvgIpc) is 2.76. The summed E-state index contributed by atoms with van der Waals surface area (Å²) in [5.74, 6) is 0.823. The van der Waals surface area contributed by atoms with Crippen molar-refractivity contribution < 1.29 is 9.53 Å². The molecule has 0 radical (unpaired) electrons. The maximum absolute atomic E-state index is 13.8. The number of carbonyl (C=O) groups excluding carboxylic acids is 1. The summed E-state index contributed by atoms with van der Waals surface area (Å²) in [4.78, 5) is 15.8. The maximum Gasteiger partial charge on any atom is 0.252 e. The maximum atomic E-state index is 13.8. The largest absolute Gasteiger partial charge is 0.358 e. The van der Waals surface area contributed by atoms with Gasteiger partial charge in [-0.25, -0.2) is 0 Å². The third-order valence-corrected chi connectivity index (χ3v) is 7.65. The van der Waals surface area contributed by atoms with E-state index in [1.165, 1.54) is 0 Å². The van der Waals surface area contributed by atoms with Crippen LogP contribution in [0, 0.1) is 0 Å². The van der Waals surface area contributed by atoms with Gasteiger partial charge in [0.2, 0.25) is 0 Å². The van der Waals surface area contributed by atoms with Gasteiger partial charge in [0.25, 0.3) is 5.91 Å². The van der Waals surface area contributed by atoms with E-state index in [2.05, 4.69) is 27.4 Å². The first-order chi connectivity index (χ1) is 15.7. The zero-order valence-corrected chi connectivity index (χ0v) is 22.2. The molecule has 0 spiro atoms. The number of benzene rings is 2. The van der Waals surface area contributed by atoms with Crippen molar-refractivity contribution in [1.82, 2.24) is 4.90 Å². The van der Waals surface area contributed by atoms with E-state index in [-0.39, 0.29) is 18.0 Å². The molecule has 0 aromatic heterocycles. The van der Waals surface area contributed by atoms with Crippen molar-refractivity contribution in [1.29, 1.82) is 0 Å². The smallest absolute Gasteiger partial charge is 0.252 e. The first-order valence-electron chi connectivity index (χ1n) is 11.2. The van der Waals surface area contributed by atoms with Gasteiger partial charge in [-0.3, -0.25) is 4.79 Å². The molecule has 33 heavy (non-hydrogen) atoms. The van der Waals surface area contributed by atoms with E-state index < -0.39 is 12.2 Å². The third kappa shape index (κ3) is 6.49. The summed E-state index contributed by atoms with van der Waals surface area (Å²) in [6.45, 7) is 10.3. The normalized spacial score (nSPS) is 22.0. The van der Waals surface area contributed by atoms with Crippen LogP contribution in [0.5, 0.6) is 0 Å². The molecule has 0 N–H and O–H groups in total. The van der Waals surface area contributed by atoms with Gasteiger partial charge in [0.15, 0.2) is 0 Å². The molecule has 1 fully saturated rings. The van der Waals surface area contributed by atoms with Crippen LogP contribution in [0.15, 0.2) is 55.1 Å². The number of carbonyl (C=O) groups is 1. The number of hydrogen-bond donors (Lipinski definition) is 0. The summed E-state index contributed by atoms with van der Waals surface area (Å²) in [6, 6.07) is 12.8. The molecule has 1 saturated heterocycles. The molecule has 2 aromatic carbocycles. The Morgan fingerprint density at radius 2 is 1.70 bits per heavy atom.